The maximum absolute atomic E-state index is 12.9. The Hall–Kier alpha value is -1.18. The molecule has 8 heteroatoms. The Morgan fingerprint density at radius 1 is 1.21 bits per heavy atom. The molecule has 1 aromatic heterocycles. The van der Waals surface area contributed by atoms with Crippen LogP contribution in [0.2, 0.25) is 0 Å². The number of rotatable bonds is 5. The lowest BCUT2D eigenvalue weighted by Gasteiger charge is -2.45. The number of benzene rings is 1. The first-order valence-electron chi connectivity index (χ1n) is 9.17. The standard InChI is InChI=1S/C20H28N4OS.2ClH/c1-14-10-24(12-16-7-5-4-6-8-16)11-15(2)19(14)23(3)20(25)17-13-26-18(9-21)22-17;;/h4-8,13-15,19H,9-12,21H2,1-3H3;2*1H. The number of nitrogens with zero attached hydrogens (tertiary/aromatic N) is 3. The Labute approximate surface area is 184 Å². The second-order valence-electron chi connectivity index (χ2n) is 7.37. The fraction of sp³-hybridized carbons (Fsp3) is 0.500. The van der Waals surface area contributed by atoms with Crippen LogP contribution in [0.25, 0.3) is 0 Å². The Morgan fingerprint density at radius 2 is 1.82 bits per heavy atom. The van der Waals surface area contributed by atoms with E-state index >= 15 is 0 Å². The summed E-state index contributed by atoms with van der Waals surface area (Å²) in [6.07, 6.45) is 0. The number of piperidine rings is 1. The summed E-state index contributed by atoms with van der Waals surface area (Å²) in [4.78, 5) is 21.6. The molecule has 2 aromatic rings. The summed E-state index contributed by atoms with van der Waals surface area (Å²) in [6, 6.07) is 10.8. The van der Waals surface area contributed by atoms with Gasteiger partial charge in [-0.3, -0.25) is 9.69 Å². The third-order valence-electron chi connectivity index (χ3n) is 5.22. The number of hydrogen-bond donors (Lipinski definition) is 1. The van der Waals surface area contributed by atoms with Crippen LogP contribution in [0, 0.1) is 11.8 Å². The van der Waals surface area contributed by atoms with Crippen LogP contribution in [-0.2, 0) is 13.1 Å². The molecule has 2 N–H and O–H groups in total. The molecule has 1 aliphatic heterocycles. The third-order valence-corrected chi connectivity index (χ3v) is 6.09. The van der Waals surface area contributed by atoms with Crippen molar-refractivity contribution in [3.05, 3.63) is 52.0 Å². The molecule has 2 atom stereocenters. The first kappa shape index (κ1) is 24.9. The zero-order valence-corrected chi connectivity index (χ0v) is 19.0. The molecule has 0 aliphatic carbocycles. The van der Waals surface area contributed by atoms with Crippen LogP contribution in [0.4, 0.5) is 0 Å². The van der Waals surface area contributed by atoms with Gasteiger partial charge in [-0.05, 0) is 17.4 Å². The Balaban J connectivity index is 0.00000196. The van der Waals surface area contributed by atoms with Crippen molar-refractivity contribution in [3.63, 3.8) is 0 Å². The van der Waals surface area contributed by atoms with Crippen LogP contribution < -0.4 is 5.73 Å². The first-order valence-corrected chi connectivity index (χ1v) is 10.1. The van der Waals surface area contributed by atoms with Crippen LogP contribution in [0.5, 0.6) is 0 Å². The molecule has 0 saturated carbocycles. The van der Waals surface area contributed by atoms with Crippen LogP contribution >= 0.6 is 36.2 Å². The zero-order valence-electron chi connectivity index (χ0n) is 16.6. The van der Waals surface area contributed by atoms with E-state index in [1.807, 2.05) is 17.3 Å². The van der Waals surface area contributed by atoms with Crippen LogP contribution in [-0.4, -0.2) is 46.9 Å². The topological polar surface area (TPSA) is 62.5 Å². The minimum absolute atomic E-state index is 0. The molecular weight excluding hydrogens is 415 g/mol. The SMILES string of the molecule is CC1CN(Cc2ccccc2)CC(C)C1N(C)C(=O)c1csc(CN)n1.Cl.Cl. The van der Waals surface area contributed by atoms with E-state index in [1.165, 1.54) is 16.9 Å². The summed E-state index contributed by atoms with van der Waals surface area (Å²) in [7, 11) is 1.91. The Bertz CT molecular complexity index is 731. The summed E-state index contributed by atoms with van der Waals surface area (Å²) in [5.41, 5.74) is 7.48. The average molecular weight is 445 g/mol. The highest BCUT2D eigenvalue weighted by Gasteiger charge is 2.37. The van der Waals surface area contributed by atoms with Crippen molar-refractivity contribution in [3.8, 4) is 0 Å². The van der Waals surface area contributed by atoms with Crippen molar-refractivity contribution in [2.24, 2.45) is 17.6 Å². The summed E-state index contributed by atoms with van der Waals surface area (Å²) in [6.45, 7) is 7.82. The molecule has 2 heterocycles. The van der Waals surface area contributed by atoms with Crippen molar-refractivity contribution >= 4 is 42.1 Å². The molecule has 0 spiro atoms. The summed E-state index contributed by atoms with van der Waals surface area (Å²) < 4.78 is 0. The number of amides is 1. The van der Waals surface area contributed by atoms with Gasteiger partial charge < -0.3 is 10.6 Å². The lowest BCUT2D eigenvalue weighted by Crippen LogP contribution is -2.55. The fourth-order valence-electron chi connectivity index (χ4n) is 4.22. The number of carbonyl (C=O) groups excluding carboxylic acids is 1. The van der Waals surface area contributed by atoms with E-state index in [-0.39, 0.29) is 36.8 Å². The average Bonchev–Trinajstić information content (AvgIpc) is 3.10. The number of aromatic nitrogens is 1. The first-order chi connectivity index (χ1) is 12.5. The minimum Gasteiger partial charge on any atom is -0.337 e. The van der Waals surface area contributed by atoms with Crippen molar-refractivity contribution in [1.29, 1.82) is 0 Å². The number of hydrogen-bond acceptors (Lipinski definition) is 5. The van der Waals surface area contributed by atoms with E-state index in [2.05, 4.69) is 54.1 Å². The van der Waals surface area contributed by atoms with E-state index in [9.17, 15) is 4.79 Å². The van der Waals surface area contributed by atoms with Gasteiger partial charge in [-0.25, -0.2) is 4.98 Å². The van der Waals surface area contributed by atoms with E-state index < -0.39 is 0 Å². The molecule has 1 fully saturated rings. The van der Waals surface area contributed by atoms with Gasteiger partial charge in [0, 0.05) is 44.6 Å². The normalized spacial score (nSPS) is 22.1. The molecule has 1 aromatic carbocycles. The second kappa shape index (κ2) is 11.1. The van der Waals surface area contributed by atoms with E-state index in [0.717, 1.165) is 24.6 Å². The van der Waals surface area contributed by atoms with Gasteiger partial charge in [-0.1, -0.05) is 44.2 Å². The molecule has 5 nitrogen and oxygen atoms in total. The lowest BCUT2D eigenvalue weighted by molar-refractivity contribution is 0.0267. The van der Waals surface area contributed by atoms with Gasteiger partial charge in [-0.15, -0.1) is 36.2 Å². The van der Waals surface area contributed by atoms with Gasteiger partial charge in [0.05, 0.1) is 0 Å². The number of thiazole rings is 1. The molecule has 0 radical (unpaired) electrons. The van der Waals surface area contributed by atoms with E-state index in [1.54, 1.807) is 0 Å². The highest BCUT2D eigenvalue weighted by molar-refractivity contribution is 7.09. The van der Waals surface area contributed by atoms with Crippen LogP contribution in [0.15, 0.2) is 35.7 Å². The molecule has 1 amide bonds. The number of nitrogens with two attached hydrogens (primary N) is 1. The van der Waals surface area contributed by atoms with Gasteiger partial charge >= 0.3 is 0 Å². The van der Waals surface area contributed by atoms with Gasteiger partial charge in [0.25, 0.3) is 5.91 Å². The molecule has 1 saturated heterocycles. The number of halogens is 2. The predicted molar refractivity (Wildman–Crippen MR) is 120 cm³/mol. The molecule has 0 bridgehead atoms. The third kappa shape index (κ3) is 5.67. The Morgan fingerprint density at radius 3 is 2.36 bits per heavy atom. The molecular formula is C20H30Cl2N4OS. The van der Waals surface area contributed by atoms with E-state index in [4.69, 9.17) is 5.73 Å². The van der Waals surface area contributed by atoms with Gasteiger partial charge in [0.2, 0.25) is 0 Å². The monoisotopic (exact) mass is 444 g/mol. The summed E-state index contributed by atoms with van der Waals surface area (Å²) >= 11 is 1.45. The zero-order chi connectivity index (χ0) is 18.7. The largest absolute Gasteiger partial charge is 0.337 e. The highest BCUT2D eigenvalue weighted by Crippen LogP contribution is 2.28. The second-order valence-corrected chi connectivity index (χ2v) is 8.31. The lowest BCUT2D eigenvalue weighted by atomic mass is 9.84. The molecule has 1 aliphatic rings. The predicted octanol–water partition coefficient (Wildman–Crippen LogP) is 3.67. The molecule has 156 valence electrons. The molecule has 2 unspecified atom stereocenters. The van der Waals surface area contributed by atoms with Crippen molar-refractivity contribution < 1.29 is 4.79 Å². The summed E-state index contributed by atoms with van der Waals surface area (Å²) in [5, 5.41) is 2.63. The smallest absolute Gasteiger partial charge is 0.273 e. The maximum Gasteiger partial charge on any atom is 0.273 e. The Kier molecular flexibility index (Phi) is 9.87. The van der Waals surface area contributed by atoms with Crippen molar-refractivity contribution in [1.82, 2.24) is 14.8 Å². The quantitative estimate of drug-likeness (QED) is 0.763. The number of likely N-dealkylation sites (tertiary alicyclic amines) is 1. The van der Waals surface area contributed by atoms with Crippen molar-refractivity contribution in [2.75, 3.05) is 20.1 Å². The van der Waals surface area contributed by atoms with Crippen LogP contribution in [0.1, 0.15) is 34.9 Å². The maximum atomic E-state index is 12.9. The van der Waals surface area contributed by atoms with Gasteiger partial charge in [0.15, 0.2) is 0 Å². The van der Waals surface area contributed by atoms with Crippen LogP contribution in [0.3, 0.4) is 0 Å². The van der Waals surface area contributed by atoms with Crippen molar-refractivity contribution in [2.45, 2.75) is 33.0 Å². The van der Waals surface area contributed by atoms with Gasteiger partial charge in [0.1, 0.15) is 10.7 Å². The van der Waals surface area contributed by atoms with Gasteiger partial charge in [-0.2, -0.15) is 0 Å². The minimum atomic E-state index is 0. The molecule has 3 rings (SSSR count). The fourth-order valence-corrected chi connectivity index (χ4v) is 4.87. The summed E-state index contributed by atoms with van der Waals surface area (Å²) in [5.74, 6) is 0.814. The molecule has 28 heavy (non-hydrogen) atoms. The highest BCUT2D eigenvalue weighted by atomic mass is 35.5. The van der Waals surface area contributed by atoms with E-state index in [0.29, 0.717) is 24.1 Å². The number of carbonyl (C=O) groups is 1.